The SMILES string of the molecule is CC(N)(C(=O)Nc1cc(F)cc(Cl)c1)c1ccccc1. The number of carbonyl (C=O) groups excluding carboxylic acids is 1. The first kappa shape index (κ1) is 14.5. The van der Waals surface area contributed by atoms with Gasteiger partial charge in [0, 0.05) is 10.7 Å². The quantitative estimate of drug-likeness (QED) is 0.912. The topological polar surface area (TPSA) is 55.1 Å². The highest BCUT2D eigenvalue weighted by molar-refractivity contribution is 6.30. The van der Waals surface area contributed by atoms with Crippen LogP contribution in [0.25, 0.3) is 0 Å². The van der Waals surface area contributed by atoms with E-state index >= 15 is 0 Å². The molecule has 0 radical (unpaired) electrons. The van der Waals surface area contributed by atoms with Gasteiger partial charge >= 0.3 is 0 Å². The van der Waals surface area contributed by atoms with Crippen molar-refractivity contribution in [3.05, 3.63) is 64.9 Å². The second kappa shape index (κ2) is 5.61. The fraction of sp³-hybridized carbons (Fsp3) is 0.133. The molecule has 0 saturated carbocycles. The van der Waals surface area contributed by atoms with E-state index in [1.54, 1.807) is 31.2 Å². The Bertz CT molecular complexity index is 609. The molecule has 2 aromatic rings. The van der Waals surface area contributed by atoms with Crippen LogP contribution in [0.5, 0.6) is 0 Å². The Balaban J connectivity index is 2.23. The Kier molecular flexibility index (Phi) is 4.06. The molecule has 2 aromatic carbocycles. The van der Waals surface area contributed by atoms with E-state index in [1.807, 2.05) is 6.07 Å². The molecule has 0 bridgehead atoms. The minimum atomic E-state index is -1.22. The van der Waals surface area contributed by atoms with Crippen LogP contribution >= 0.6 is 11.6 Å². The molecule has 0 aliphatic heterocycles. The summed E-state index contributed by atoms with van der Waals surface area (Å²) < 4.78 is 13.2. The molecule has 1 atom stereocenters. The van der Waals surface area contributed by atoms with E-state index in [-0.39, 0.29) is 10.7 Å². The fourth-order valence-corrected chi connectivity index (χ4v) is 2.02. The average molecular weight is 293 g/mol. The standard InChI is InChI=1S/C15H14ClFN2O/c1-15(18,10-5-3-2-4-6-10)14(20)19-13-8-11(16)7-12(17)9-13/h2-9H,18H2,1H3,(H,19,20). The minimum absolute atomic E-state index is 0.207. The van der Waals surface area contributed by atoms with Crippen LogP contribution in [-0.2, 0) is 10.3 Å². The molecule has 104 valence electrons. The summed E-state index contributed by atoms with van der Waals surface area (Å²) in [5, 5.41) is 2.78. The van der Waals surface area contributed by atoms with Gasteiger partial charge in [0.2, 0.25) is 5.91 Å². The Hall–Kier alpha value is -1.91. The molecule has 1 amide bonds. The molecule has 0 spiro atoms. The van der Waals surface area contributed by atoms with Crippen molar-refractivity contribution in [3.63, 3.8) is 0 Å². The molecule has 1 unspecified atom stereocenters. The Labute approximate surface area is 121 Å². The van der Waals surface area contributed by atoms with E-state index < -0.39 is 17.3 Å². The number of nitrogens with two attached hydrogens (primary N) is 1. The number of anilines is 1. The van der Waals surface area contributed by atoms with Crippen LogP contribution in [0.1, 0.15) is 12.5 Å². The van der Waals surface area contributed by atoms with Crippen LogP contribution in [0, 0.1) is 5.82 Å². The Morgan fingerprint density at radius 1 is 1.25 bits per heavy atom. The van der Waals surface area contributed by atoms with Crippen molar-refractivity contribution in [2.45, 2.75) is 12.5 Å². The number of hydrogen-bond donors (Lipinski definition) is 2. The van der Waals surface area contributed by atoms with E-state index in [2.05, 4.69) is 5.32 Å². The number of carbonyl (C=O) groups is 1. The second-order valence-corrected chi connectivity index (χ2v) is 5.12. The summed E-state index contributed by atoms with van der Waals surface area (Å²) in [7, 11) is 0. The zero-order valence-corrected chi connectivity index (χ0v) is 11.6. The van der Waals surface area contributed by atoms with Crippen molar-refractivity contribution < 1.29 is 9.18 Å². The van der Waals surface area contributed by atoms with Gasteiger partial charge in [-0.15, -0.1) is 0 Å². The summed E-state index contributed by atoms with van der Waals surface area (Å²) in [4.78, 5) is 12.3. The van der Waals surface area contributed by atoms with Crippen molar-refractivity contribution in [1.82, 2.24) is 0 Å². The largest absolute Gasteiger partial charge is 0.324 e. The van der Waals surface area contributed by atoms with Gasteiger partial charge in [0.05, 0.1) is 0 Å². The van der Waals surface area contributed by atoms with Crippen LogP contribution in [-0.4, -0.2) is 5.91 Å². The summed E-state index contributed by atoms with van der Waals surface area (Å²) in [6.07, 6.45) is 0. The zero-order valence-electron chi connectivity index (χ0n) is 10.9. The maximum atomic E-state index is 13.2. The van der Waals surface area contributed by atoms with Crippen molar-refractivity contribution in [3.8, 4) is 0 Å². The molecule has 0 heterocycles. The van der Waals surface area contributed by atoms with Crippen LogP contribution in [0.15, 0.2) is 48.5 Å². The second-order valence-electron chi connectivity index (χ2n) is 4.68. The molecule has 20 heavy (non-hydrogen) atoms. The molecular formula is C15H14ClFN2O. The monoisotopic (exact) mass is 292 g/mol. The fourth-order valence-electron chi connectivity index (χ4n) is 1.80. The lowest BCUT2D eigenvalue weighted by molar-refractivity contribution is -0.120. The van der Waals surface area contributed by atoms with Crippen molar-refractivity contribution in [2.75, 3.05) is 5.32 Å². The van der Waals surface area contributed by atoms with Crippen molar-refractivity contribution in [2.24, 2.45) is 5.73 Å². The Morgan fingerprint density at radius 3 is 2.50 bits per heavy atom. The maximum Gasteiger partial charge on any atom is 0.248 e. The first-order chi connectivity index (χ1) is 9.39. The van der Waals surface area contributed by atoms with Crippen LogP contribution < -0.4 is 11.1 Å². The lowest BCUT2D eigenvalue weighted by Crippen LogP contribution is -2.45. The summed E-state index contributed by atoms with van der Waals surface area (Å²) in [6, 6.07) is 12.8. The van der Waals surface area contributed by atoms with Crippen LogP contribution in [0.2, 0.25) is 5.02 Å². The summed E-state index contributed by atoms with van der Waals surface area (Å²) in [6.45, 7) is 1.60. The van der Waals surface area contributed by atoms with Gasteiger partial charge in [0.25, 0.3) is 0 Å². The number of hydrogen-bond acceptors (Lipinski definition) is 2. The van der Waals surface area contributed by atoms with E-state index in [4.69, 9.17) is 17.3 Å². The number of amides is 1. The number of benzene rings is 2. The third kappa shape index (κ3) is 3.15. The smallest absolute Gasteiger partial charge is 0.248 e. The number of nitrogens with one attached hydrogen (secondary N) is 1. The maximum absolute atomic E-state index is 13.2. The molecule has 3 nitrogen and oxygen atoms in total. The molecular weight excluding hydrogens is 279 g/mol. The molecule has 0 aliphatic carbocycles. The van der Waals surface area contributed by atoms with Gasteiger partial charge < -0.3 is 11.1 Å². The molecule has 3 N–H and O–H groups in total. The third-order valence-electron chi connectivity index (χ3n) is 2.97. The number of rotatable bonds is 3. The normalized spacial score (nSPS) is 13.6. The summed E-state index contributed by atoms with van der Waals surface area (Å²) >= 11 is 5.74. The molecule has 0 aliphatic rings. The van der Waals surface area contributed by atoms with E-state index in [0.29, 0.717) is 5.56 Å². The van der Waals surface area contributed by atoms with Gasteiger partial charge in [0.1, 0.15) is 11.4 Å². The van der Waals surface area contributed by atoms with Crippen molar-refractivity contribution >= 4 is 23.2 Å². The molecule has 2 rings (SSSR count). The van der Waals surface area contributed by atoms with E-state index in [0.717, 1.165) is 6.07 Å². The lowest BCUT2D eigenvalue weighted by Gasteiger charge is -2.24. The van der Waals surface area contributed by atoms with Gasteiger partial charge in [-0.25, -0.2) is 4.39 Å². The first-order valence-electron chi connectivity index (χ1n) is 6.01. The van der Waals surface area contributed by atoms with E-state index in [1.165, 1.54) is 12.1 Å². The van der Waals surface area contributed by atoms with E-state index in [9.17, 15) is 9.18 Å². The van der Waals surface area contributed by atoms with Crippen molar-refractivity contribution in [1.29, 1.82) is 0 Å². The van der Waals surface area contributed by atoms with Gasteiger partial charge in [0.15, 0.2) is 0 Å². The summed E-state index contributed by atoms with van der Waals surface area (Å²) in [5.41, 5.74) is 5.78. The zero-order chi connectivity index (χ0) is 14.8. The highest BCUT2D eigenvalue weighted by atomic mass is 35.5. The highest BCUT2D eigenvalue weighted by Crippen LogP contribution is 2.22. The predicted molar refractivity (Wildman–Crippen MR) is 78.0 cm³/mol. The van der Waals surface area contributed by atoms with Gasteiger partial charge in [-0.2, -0.15) is 0 Å². The molecule has 0 saturated heterocycles. The summed E-state index contributed by atoms with van der Waals surface area (Å²) in [5.74, 6) is -0.961. The van der Waals surface area contributed by atoms with Gasteiger partial charge in [-0.3, -0.25) is 4.79 Å². The molecule has 0 aromatic heterocycles. The highest BCUT2D eigenvalue weighted by Gasteiger charge is 2.30. The average Bonchev–Trinajstić information content (AvgIpc) is 2.38. The number of halogens is 2. The molecule has 0 fully saturated rings. The predicted octanol–water partition coefficient (Wildman–Crippen LogP) is 3.29. The van der Waals surface area contributed by atoms with Crippen LogP contribution in [0.4, 0.5) is 10.1 Å². The third-order valence-corrected chi connectivity index (χ3v) is 3.18. The lowest BCUT2D eigenvalue weighted by atomic mass is 9.92. The molecule has 5 heteroatoms. The van der Waals surface area contributed by atoms with Gasteiger partial charge in [-0.05, 0) is 30.7 Å². The van der Waals surface area contributed by atoms with Crippen LogP contribution in [0.3, 0.4) is 0 Å². The van der Waals surface area contributed by atoms with Gasteiger partial charge in [-0.1, -0.05) is 41.9 Å². The minimum Gasteiger partial charge on any atom is -0.324 e. The Morgan fingerprint density at radius 2 is 1.90 bits per heavy atom. The first-order valence-corrected chi connectivity index (χ1v) is 6.39.